The van der Waals surface area contributed by atoms with E-state index in [4.69, 9.17) is 0 Å². The minimum Gasteiger partial charge on any atom is -0.271 e. The Hall–Kier alpha value is -5.77. The number of hydrogen-bond donors (Lipinski definition) is 0. The van der Waals surface area contributed by atoms with Crippen molar-refractivity contribution < 1.29 is 9.31 Å². The molecule has 0 saturated carbocycles. The van der Waals surface area contributed by atoms with E-state index in [9.17, 15) is 29.4 Å². The van der Waals surface area contributed by atoms with Crippen LogP contribution in [0.15, 0.2) is 93.4 Å². The van der Waals surface area contributed by atoms with Crippen LogP contribution in [0.2, 0.25) is 0 Å². The third-order valence-electron chi connectivity index (χ3n) is 5.85. The van der Waals surface area contributed by atoms with E-state index < -0.39 is 33.3 Å². The van der Waals surface area contributed by atoms with Gasteiger partial charge in [0.2, 0.25) is 6.19 Å². The first-order valence-electron chi connectivity index (χ1n) is 11.5. The van der Waals surface area contributed by atoms with Gasteiger partial charge in [-0.25, -0.2) is 9.18 Å². The van der Waals surface area contributed by atoms with Gasteiger partial charge in [-0.3, -0.25) is 24.0 Å². The van der Waals surface area contributed by atoms with Crippen LogP contribution in [-0.4, -0.2) is 28.8 Å². The van der Waals surface area contributed by atoms with Gasteiger partial charge in [-0.05, 0) is 23.3 Å². The van der Waals surface area contributed by atoms with Gasteiger partial charge in [0, 0.05) is 0 Å². The van der Waals surface area contributed by atoms with Crippen molar-refractivity contribution in [2.45, 2.75) is 13.1 Å². The molecule has 0 bridgehead atoms. The number of nitro benzene ring substituents is 1. The Bertz CT molecular complexity index is 1960. The minimum atomic E-state index is -0.875. The van der Waals surface area contributed by atoms with Crippen LogP contribution in [0.4, 0.5) is 10.1 Å². The molecule has 2 aromatic heterocycles. The van der Waals surface area contributed by atoms with Crippen molar-refractivity contribution in [1.29, 1.82) is 5.26 Å². The van der Waals surface area contributed by atoms with Crippen LogP contribution in [0, 0.1) is 27.4 Å². The Morgan fingerprint density at radius 1 is 0.949 bits per heavy atom. The number of benzene rings is 3. The summed E-state index contributed by atoms with van der Waals surface area (Å²) in [5.41, 5.74) is -1.98. The summed E-state index contributed by atoms with van der Waals surface area (Å²) in [4.78, 5) is 46.0. The minimum absolute atomic E-state index is 0.00657. The van der Waals surface area contributed by atoms with Gasteiger partial charge in [0.05, 0.1) is 24.1 Å². The van der Waals surface area contributed by atoms with Gasteiger partial charge in [0.15, 0.2) is 11.2 Å². The average molecular weight is 524 g/mol. The molecule has 13 heteroatoms. The van der Waals surface area contributed by atoms with Crippen LogP contribution in [0.3, 0.4) is 0 Å². The van der Waals surface area contributed by atoms with Crippen LogP contribution in [-0.2, 0) is 13.1 Å². The molecule has 0 aliphatic carbocycles. The van der Waals surface area contributed by atoms with Crippen LogP contribution in [0.25, 0.3) is 16.9 Å². The molecule has 0 unspecified atom stereocenters. The zero-order chi connectivity index (χ0) is 27.5. The first kappa shape index (κ1) is 24.9. The van der Waals surface area contributed by atoms with Crippen LogP contribution in [0.5, 0.6) is 0 Å². The van der Waals surface area contributed by atoms with Gasteiger partial charge in [0.25, 0.3) is 16.9 Å². The Morgan fingerprint density at radius 3 is 2.15 bits per heavy atom. The van der Waals surface area contributed by atoms with Crippen LogP contribution >= 0.6 is 0 Å². The number of halogens is 1. The summed E-state index contributed by atoms with van der Waals surface area (Å²) >= 11 is 0. The Morgan fingerprint density at radius 2 is 1.56 bits per heavy atom. The number of hydrogen-bond acceptors (Lipinski definition) is 8. The highest BCUT2D eigenvalue weighted by molar-refractivity contribution is 5.68. The zero-order valence-electron chi connectivity index (χ0n) is 20.0. The van der Waals surface area contributed by atoms with E-state index in [2.05, 4.69) is 15.1 Å². The smallest absolute Gasteiger partial charge is 0.271 e. The highest BCUT2D eigenvalue weighted by Crippen LogP contribution is 2.22. The Labute approximate surface area is 218 Å². The van der Waals surface area contributed by atoms with Crippen molar-refractivity contribution in [2.75, 3.05) is 0 Å². The molecule has 192 valence electrons. The molecule has 0 saturated heterocycles. The second kappa shape index (κ2) is 10.3. The third-order valence-corrected chi connectivity index (χ3v) is 5.85. The molecular weight excluding hydrogens is 507 g/mol. The molecule has 2 heterocycles. The third kappa shape index (κ3) is 4.81. The first-order valence-corrected chi connectivity index (χ1v) is 11.5. The van der Waals surface area contributed by atoms with Crippen LogP contribution < -0.4 is 16.9 Å². The summed E-state index contributed by atoms with van der Waals surface area (Å²) in [7, 11) is 0. The summed E-state index contributed by atoms with van der Waals surface area (Å²) in [6, 6.07) is 20.5. The quantitative estimate of drug-likeness (QED) is 0.187. The van der Waals surface area contributed by atoms with Crippen molar-refractivity contribution in [2.24, 2.45) is 4.99 Å². The van der Waals surface area contributed by atoms with Gasteiger partial charge in [0.1, 0.15) is 11.5 Å². The fraction of sp³-hybridized carbons (Fsp3) is 0.0769. The molecule has 0 aliphatic rings. The monoisotopic (exact) mass is 524 g/mol. The number of nitriles is 1. The number of fused-ring (bicyclic) bond motifs is 1. The van der Waals surface area contributed by atoms with Crippen molar-refractivity contribution in [3.8, 4) is 11.9 Å². The number of aromatic nitrogens is 5. The van der Waals surface area contributed by atoms with E-state index in [1.165, 1.54) is 4.57 Å². The number of nitro groups is 1. The first-order chi connectivity index (χ1) is 18.9. The predicted octanol–water partition coefficient (Wildman–Crippen LogP) is 2.27. The summed E-state index contributed by atoms with van der Waals surface area (Å²) in [5, 5.41) is 25.2. The van der Waals surface area contributed by atoms with E-state index in [0.717, 1.165) is 26.9 Å². The van der Waals surface area contributed by atoms with Crippen molar-refractivity contribution in [3.05, 3.63) is 132 Å². The van der Waals surface area contributed by atoms with Gasteiger partial charge in [-0.1, -0.05) is 60.7 Å². The van der Waals surface area contributed by atoms with Gasteiger partial charge >= 0.3 is 5.69 Å². The lowest BCUT2D eigenvalue weighted by molar-refractivity contribution is -0.384. The predicted molar refractivity (Wildman–Crippen MR) is 136 cm³/mol. The maximum Gasteiger partial charge on any atom is 0.333 e. The summed E-state index contributed by atoms with van der Waals surface area (Å²) in [6.45, 7) is -0.0709. The maximum atomic E-state index is 13.8. The van der Waals surface area contributed by atoms with Gasteiger partial charge in [-0.2, -0.15) is 20.0 Å². The van der Waals surface area contributed by atoms with E-state index in [0.29, 0.717) is 11.6 Å². The molecule has 12 nitrogen and oxygen atoms in total. The number of nitrogens with zero attached hydrogens (tertiary/aromatic N) is 8. The topological polar surface area (TPSA) is 154 Å². The number of rotatable bonds is 6. The van der Waals surface area contributed by atoms with E-state index in [-0.39, 0.29) is 29.9 Å². The largest absolute Gasteiger partial charge is 0.333 e. The SMILES string of the molecule is N#CN=c1nc2c(nn1-c1ccc(F)cc1[N+](=O)[O-])c(=O)n(Cc1ccccc1)c(=O)n2Cc1ccccc1. The molecule has 3 aromatic carbocycles. The lowest BCUT2D eigenvalue weighted by atomic mass is 10.2. The molecule has 0 spiro atoms. The van der Waals surface area contributed by atoms with Crippen LogP contribution in [0.1, 0.15) is 11.1 Å². The fourth-order valence-electron chi connectivity index (χ4n) is 4.08. The summed E-state index contributed by atoms with van der Waals surface area (Å²) in [6.07, 6.45) is 1.55. The molecule has 0 amide bonds. The maximum absolute atomic E-state index is 13.8. The van der Waals surface area contributed by atoms with E-state index in [1.54, 1.807) is 60.8 Å². The molecule has 39 heavy (non-hydrogen) atoms. The molecule has 5 aromatic rings. The second-order valence-electron chi connectivity index (χ2n) is 8.33. The van der Waals surface area contributed by atoms with Crippen molar-refractivity contribution >= 4 is 16.9 Å². The average Bonchev–Trinajstić information content (AvgIpc) is 2.94. The Balaban J connectivity index is 1.87. The highest BCUT2D eigenvalue weighted by Gasteiger charge is 2.22. The summed E-state index contributed by atoms with van der Waals surface area (Å²) in [5.74, 6) is -0.875. The molecule has 5 rings (SSSR count). The zero-order valence-corrected chi connectivity index (χ0v) is 20.0. The highest BCUT2D eigenvalue weighted by atomic mass is 19.1. The molecule has 0 aliphatic heterocycles. The molecule has 0 radical (unpaired) electrons. The normalized spacial score (nSPS) is 11.4. The summed E-state index contributed by atoms with van der Waals surface area (Å²) < 4.78 is 16.9. The van der Waals surface area contributed by atoms with Crippen molar-refractivity contribution in [1.82, 2.24) is 23.9 Å². The van der Waals surface area contributed by atoms with E-state index >= 15 is 0 Å². The lowest BCUT2D eigenvalue weighted by Gasteiger charge is -2.15. The molecule has 0 fully saturated rings. The van der Waals surface area contributed by atoms with E-state index in [1.807, 2.05) is 6.07 Å². The second-order valence-corrected chi connectivity index (χ2v) is 8.33. The van der Waals surface area contributed by atoms with Gasteiger partial charge in [-0.15, -0.1) is 4.99 Å². The van der Waals surface area contributed by atoms with Gasteiger partial charge < -0.3 is 0 Å². The molecule has 0 N–H and O–H groups in total. The molecule has 0 atom stereocenters. The standard InChI is InChI=1S/C26H17FN8O4/c27-19-11-12-20(21(13-19)35(38)39)34-25(29-16-28)30-23-22(31-34)24(36)33(15-18-9-5-2-6-10-18)26(37)32(23)14-17-7-3-1-4-8-17/h1-13H,14-15H2. The fourth-order valence-corrected chi connectivity index (χ4v) is 4.08. The van der Waals surface area contributed by atoms with Crippen molar-refractivity contribution in [3.63, 3.8) is 0 Å². The molecular formula is C26H17FN8O4. The lowest BCUT2D eigenvalue weighted by Crippen LogP contribution is -2.43. The Kier molecular flexibility index (Phi) is 6.58.